The largest absolute Gasteiger partial charge is 0.356 e. The normalized spacial score (nSPS) is 19.7. The van der Waals surface area contributed by atoms with Crippen LogP contribution in [-0.4, -0.2) is 25.5 Å². The van der Waals surface area contributed by atoms with Gasteiger partial charge in [-0.2, -0.15) is 0 Å². The lowest BCUT2D eigenvalue weighted by molar-refractivity contribution is -0.122. The summed E-state index contributed by atoms with van der Waals surface area (Å²) in [6, 6.07) is 4.81. The molecule has 1 heterocycles. The van der Waals surface area contributed by atoms with Gasteiger partial charge in [0.15, 0.2) is 0 Å². The molecule has 1 aromatic carbocycles. The SMILES string of the molecule is Cc1cc(F)ccc1CCNC(=O)CC(C)C1CCCNC1. The molecule has 1 aliphatic rings. The van der Waals surface area contributed by atoms with Crippen LogP contribution in [0.25, 0.3) is 0 Å². The van der Waals surface area contributed by atoms with E-state index >= 15 is 0 Å². The summed E-state index contributed by atoms with van der Waals surface area (Å²) in [6.07, 6.45) is 3.77. The van der Waals surface area contributed by atoms with Crippen LogP contribution in [0, 0.1) is 24.6 Å². The number of halogens is 1. The Morgan fingerprint density at radius 1 is 1.50 bits per heavy atom. The number of rotatable bonds is 6. The summed E-state index contributed by atoms with van der Waals surface area (Å²) in [5, 5.41) is 6.39. The van der Waals surface area contributed by atoms with Gasteiger partial charge in [0.05, 0.1) is 0 Å². The summed E-state index contributed by atoms with van der Waals surface area (Å²) in [5.74, 6) is 0.942. The van der Waals surface area contributed by atoms with Gasteiger partial charge in [-0.3, -0.25) is 4.79 Å². The minimum atomic E-state index is -0.208. The highest BCUT2D eigenvalue weighted by atomic mass is 19.1. The van der Waals surface area contributed by atoms with Crippen molar-refractivity contribution in [1.29, 1.82) is 0 Å². The van der Waals surface area contributed by atoms with Gasteiger partial charge >= 0.3 is 0 Å². The van der Waals surface area contributed by atoms with Crippen LogP contribution in [-0.2, 0) is 11.2 Å². The molecule has 1 saturated heterocycles. The molecule has 0 bridgehead atoms. The van der Waals surface area contributed by atoms with Crippen molar-refractivity contribution >= 4 is 5.91 Å². The Balaban J connectivity index is 1.71. The van der Waals surface area contributed by atoms with E-state index in [1.54, 1.807) is 6.07 Å². The second kappa shape index (κ2) is 8.28. The van der Waals surface area contributed by atoms with Crippen LogP contribution >= 0.6 is 0 Å². The molecule has 22 heavy (non-hydrogen) atoms. The molecule has 0 aliphatic carbocycles. The predicted molar refractivity (Wildman–Crippen MR) is 87.2 cm³/mol. The third kappa shape index (κ3) is 5.09. The molecule has 4 heteroatoms. The summed E-state index contributed by atoms with van der Waals surface area (Å²) >= 11 is 0. The van der Waals surface area contributed by atoms with E-state index in [0.717, 1.165) is 30.6 Å². The zero-order valence-electron chi connectivity index (χ0n) is 13.6. The molecule has 2 rings (SSSR count). The maximum absolute atomic E-state index is 13.0. The van der Waals surface area contributed by atoms with E-state index < -0.39 is 0 Å². The van der Waals surface area contributed by atoms with Crippen molar-refractivity contribution in [3.05, 3.63) is 35.1 Å². The topological polar surface area (TPSA) is 41.1 Å². The van der Waals surface area contributed by atoms with Gasteiger partial charge in [-0.1, -0.05) is 13.0 Å². The highest BCUT2D eigenvalue weighted by Gasteiger charge is 2.21. The molecule has 0 saturated carbocycles. The van der Waals surface area contributed by atoms with Gasteiger partial charge in [-0.05, 0) is 74.4 Å². The van der Waals surface area contributed by atoms with Crippen molar-refractivity contribution in [1.82, 2.24) is 10.6 Å². The van der Waals surface area contributed by atoms with Crippen molar-refractivity contribution in [3.63, 3.8) is 0 Å². The predicted octanol–water partition coefficient (Wildman–Crippen LogP) is 2.82. The first-order chi connectivity index (χ1) is 10.6. The van der Waals surface area contributed by atoms with E-state index in [1.165, 1.54) is 25.0 Å². The number of piperidine rings is 1. The van der Waals surface area contributed by atoms with Crippen LogP contribution in [0.4, 0.5) is 4.39 Å². The number of hydrogen-bond acceptors (Lipinski definition) is 2. The lowest BCUT2D eigenvalue weighted by atomic mass is 9.85. The van der Waals surface area contributed by atoms with E-state index in [-0.39, 0.29) is 11.7 Å². The number of carbonyl (C=O) groups excluding carboxylic acids is 1. The Morgan fingerprint density at radius 2 is 2.32 bits per heavy atom. The standard InChI is InChI=1S/C18H27FN2O/c1-13-10-17(19)6-5-15(13)7-9-21-18(22)11-14(2)16-4-3-8-20-12-16/h5-6,10,14,16,20H,3-4,7-9,11-12H2,1-2H3,(H,21,22). The summed E-state index contributed by atoms with van der Waals surface area (Å²) in [4.78, 5) is 12.0. The van der Waals surface area contributed by atoms with Gasteiger partial charge in [-0.15, -0.1) is 0 Å². The minimum Gasteiger partial charge on any atom is -0.356 e. The summed E-state index contributed by atoms with van der Waals surface area (Å²) in [5.41, 5.74) is 2.03. The van der Waals surface area contributed by atoms with Crippen molar-refractivity contribution < 1.29 is 9.18 Å². The molecule has 1 amide bonds. The fourth-order valence-corrected chi connectivity index (χ4v) is 3.17. The Labute approximate surface area is 132 Å². The Kier molecular flexibility index (Phi) is 6.37. The summed E-state index contributed by atoms with van der Waals surface area (Å²) in [7, 11) is 0. The maximum atomic E-state index is 13.0. The van der Waals surface area contributed by atoms with E-state index in [0.29, 0.717) is 24.8 Å². The molecule has 1 fully saturated rings. The van der Waals surface area contributed by atoms with E-state index in [2.05, 4.69) is 17.6 Å². The fourth-order valence-electron chi connectivity index (χ4n) is 3.17. The van der Waals surface area contributed by atoms with Gasteiger partial charge in [-0.25, -0.2) is 4.39 Å². The highest BCUT2D eigenvalue weighted by Crippen LogP contribution is 2.22. The first kappa shape index (κ1) is 16.9. The molecule has 2 atom stereocenters. The molecule has 1 aromatic rings. The van der Waals surface area contributed by atoms with Gasteiger partial charge in [0, 0.05) is 13.0 Å². The Bertz CT molecular complexity index is 498. The Hall–Kier alpha value is -1.42. The molecule has 2 N–H and O–H groups in total. The fraction of sp³-hybridized carbons (Fsp3) is 0.611. The van der Waals surface area contributed by atoms with Crippen LogP contribution in [0.3, 0.4) is 0 Å². The van der Waals surface area contributed by atoms with E-state index in [9.17, 15) is 9.18 Å². The first-order valence-electron chi connectivity index (χ1n) is 8.28. The maximum Gasteiger partial charge on any atom is 0.220 e. The number of amides is 1. The molecule has 0 radical (unpaired) electrons. The van der Waals surface area contributed by atoms with Gasteiger partial charge in [0.1, 0.15) is 5.82 Å². The van der Waals surface area contributed by atoms with Crippen LogP contribution in [0.15, 0.2) is 18.2 Å². The molecule has 0 spiro atoms. The number of hydrogen-bond donors (Lipinski definition) is 2. The van der Waals surface area contributed by atoms with Gasteiger partial charge in [0.25, 0.3) is 0 Å². The lowest BCUT2D eigenvalue weighted by Gasteiger charge is -2.28. The number of nitrogens with one attached hydrogen (secondary N) is 2. The molecular formula is C18H27FN2O. The van der Waals surface area contributed by atoms with Crippen molar-refractivity contribution in [3.8, 4) is 0 Å². The van der Waals surface area contributed by atoms with Crippen molar-refractivity contribution in [2.45, 2.75) is 39.5 Å². The van der Waals surface area contributed by atoms with Crippen molar-refractivity contribution in [2.24, 2.45) is 11.8 Å². The quantitative estimate of drug-likeness (QED) is 0.848. The van der Waals surface area contributed by atoms with Crippen LogP contribution in [0.1, 0.15) is 37.3 Å². The number of carbonyl (C=O) groups is 1. The summed E-state index contributed by atoms with van der Waals surface area (Å²) in [6.45, 7) is 6.82. The zero-order valence-corrected chi connectivity index (χ0v) is 13.6. The third-order valence-corrected chi connectivity index (χ3v) is 4.67. The molecule has 3 nitrogen and oxygen atoms in total. The smallest absolute Gasteiger partial charge is 0.220 e. The van der Waals surface area contributed by atoms with Crippen molar-refractivity contribution in [2.75, 3.05) is 19.6 Å². The molecular weight excluding hydrogens is 279 g/mol. The molecule has 122 valence electrons. The lowest BCUT2D eigenvalue weighted by Crippen LogP contribution is -2.36. The Morgan fingerprint density at radius 3 is 3.00 bits per heavy atom. The zero-order chi connectivity index (χ0) is 15.9. The van der Waals surface area contributed by atoms with Crippen LogP contribution in [0.5, 0.6) is 0 Å². The molecule has 1 aliphatic heterocycles. The molecule has 0 aromatic heterocycles. The molecule has 2 unspecified atom stereocenters. The first-order valence-corrected chi connectivity index (χ1v) is 8.28. The summed E-state index contributed by atoms with van der Waals surface area (Å²) < 4.78 is 13.0. The van der Waals surface area contributed by atoms with E-state index in [1.807, 2.05) is 6.92 Å². The van der Waals surface area contributed by atoms with Gasteiger partial charge < -0.3 is 10.6 Å². The second-order valence-corrected chi connectivity index (χ2v) is 6.46. The average molecular weight is 306 g/mol. The number of aryl methyl sites for hydroxylation is 1. The van der Waals surface area contributed by atoms with Crippen LogP contribution < -0.4 is 10.6 Å². The van der Waals surface area contributed by atoms with E-state index in [4.69, 9.17) is 0 Å². The second-order valence-electron chi connectivity index (χ2n) is 6.46. The monoisotopic (exact) mass is 306 g/mol. The average Bonchev–Trinajstić information content (AvgIpc) is 2.50. The van der Waals surface area contributed by atoms with Gasteiger partial charge in [0.2, 0.25) is 5.91 Å². The minimum absolute atomic E-state index is 0.123. The number of benzene rings is 1. The third-order valence-electron chi connectivity index (χ3n) is 4.67. The highest BCUT2D eigenvalue weighted by molar-refractivity contribution is 5.76. The van der Waals surface area contributed by atoms with Crippen LogP contribution in [0.2, 0.25) is 0 Å².